The number of rotatable bonds is 3. The number of hydrogen-bond donors (Lipinski definition) is 2. The van der Waals surface area contributed by atoms with Crippen LogP contribution in [-0.2, 0) is 4.74 Å². The molecule has 3 N–H and O–H groups in total. The van der Waals surface area contributed by atoms with Gasteiger partial charge in [0, 0.05) is 0 Å². The molecule has 26 heavy (non-hydrogen) atoms. The van der Waals surface area contributed by atoms with Gasteiger partial charge in [-0.2, -0.15) is 0 Å². The van der Waals surface area contributed by atoms with Crippen LogP contribution in [0.5, 0.6) is 0 Å². The van der Waals surface area contributed by atoms with Crippen LogP contribution >= 0.6 is 0 Å². The normalized spacial score (nSPS) is 10.3. The topological polar surface area (TPSA) is 137 Å². The van der Waals surface area contributed by atoms with Crippen LogP contribution in [0.1, 0.15) is 26.3 Å². The van der Waals surface area contributed by atoms with Gasteiger partial charge in [-0.15, -0.1) is 21.3 Å². The highest BCUT2D eigenvalue weighted by Crippen LogP contribution is 2.23. The van der Waals surface area contributed by atoms with E-state index in [0.717, 1.165) is 23.9 Å². The molecule has 3 rings (SSSR count). The number of benzene rings is 1. The van der Waals surface area contributed by atoms with E-state index >= 15 is 0 Å². The Kier molecular flexibility index (Phi) is 4.16. The molecule has 0 fully saturated rings. The summed E-state index contributed by atoms with van der Waals surface area (Å²) in [4.78, 5) is 24.5. The lowest BCUT2D eigenvalue weighted by Crippen LogP contribution is -2.18. The number of carbonyl (C=O) groups is 2. The molecule has 0 saturated heterocycles. The third-order valence-corrected chi connectivity index (χ3v) is 3.36. The largest absolute Gasteiger partial charge is 0.465 e. The molecule has 2 aromatic heterocycles. The molecule has 2 heterocycles. The van der Waals surface area contributed by atoms with Gasteiger partial charge in [0.25, 0.3) is 5.91 Å². The first-order chi connectivity index (χ1) is 12.4. The number of fused-ring (bicyclic) bond motifs is 1. The molecule has 3 aromatic rings. The number of nitrogen functional groups attached to an aromatic ring is 1. The van der Waals surface area contributed by atoms with Gasteiger partial charge in [-0.3, -0.25) is 4.79 Å². The van der Waals surface area contributed by atoms with Gasteiger partial charge >= 0.3 is 5.97 Å². The number of nitrogens with one attached hydrogen (secondary N) is 1. The molecule has 0 spiro atoms. The van der Waals surface area contributed by atoms with Crippen molar-refractivity contribution in [2.45, 2.75) is 0 Å². The molecule has 0 unspecified atom stereocenters. The first-order valence-corrected chi connectivity index (χ1v) is 6.99. The van der Waals surface area contributed by atoms with E-state index in [1.165, 1.54) is 6.07 Å². The zero-order valence-corrected chi connectivity index (χ0v) is 13.2. The Morgan fingerprint density at radius 3 is 2.81 bits per heavy atom. The average Bonchev–Trinajstić information content (AvgIpc) is 3.09. The molecule has 0 bridgehead atoms. The summed E-state index contributed by atoms with van der Waals surface area (Å²) in [6.45, 7) is 0. The Morgan fingerprint density at radius 2 is 2.12 bits per heavy atom. The van der Waals surface area contributed by atoms with E-state index in [1.54, 1.807) is 0 Å². The maximum absolute atomic E-state index is 13.9. The molecule has 0 radical (unpaired) electrons. The predicted octanol–water partition coefficient (Wildman–Crippen LogP) is 0.261. The SMILES string of the molecule is C#Cc1cc(NC(=O)c2cc(N)nn3nnnc23)c(C(=O)OC)cc1F. The van der Waals surface area contributed by atoms with E-state index < -0.39 is 17.7 Å². The second-order valence-corrected chi connectivity index (χ2v) is 4.94. The minimum absolute atomic E-state index is 0.00781. The quantitative estimate of drug-likeness (QED) is 0.504. The molecule has 1 aromatic carbocycles. The molecule has 0 aliphatic carbocycles. The lowest BCUT2D eigenvalue weighted by Gasteiger charge is -2.11. The van der Waals surface area contributed by atoms with Gasteiger partial charge in [-0.25, -0.2) is 9.18 Å². The smallest absolute Gasteiger partial charge is 0.340 e. The van der Waals surface area contributed by atoms with Crippen molar-refractivity contribution in [3.05, 3.63) is 40.7 Å². The molecule has 1 amide bonds. The predicted molar refractivity (Wildman–Crippen MR) is 86.6 cm³/mol. The van der Waals surface area contributed by atoms with E-state index in [2.05, 4.69) is 36.6 Å². The summed E-state index contributed by atoms with van der Waals surface area (Å²) in [5, 5.41) is 16.9. The van der Waals surface area contributed by atoms with Gasteiger partial charge in [-0.05, 0) is 28.6 Å². The van der Waals surface area contributed by atoms with E-state index in [0.29, 0.717) is 0 Å². The number of tetrazole rings is 1. The van der Waals surface area contributed by atoms with Gasteiger partial charge in [-0.1, -0.05) is 5.92 Å². The number of ether oxygens (including phenoxy) is 1. The van der Waals surface area contributed by atoms with Gasteiger partial charge in [0.2, 0.25) is 5.65 Å². The van der Waals surface area contributed by atoms with Gasteiger partial charge < -0.3 is 15.8 Å². The minimum Gasteiger partial charge on any atom is -0.465 e. The summed E-state index contributed by atoms with van der Waals surface area (Å²) in [7, 11) is 1.12. The Balaban J connectivity index is 2.07. The highest BCUT2D eigenvalue weighted by atomic mass is 19.1. The average molecular weight is 355 g/mol. The number of amides is 1. The van der Waals surface area contributed by atoms with Gasteiger partial charge in [0.05, 0.1) is 29.5 Å². The van der Waals surface area contributed by atoms with E-state index in [9.17, 15) is 14.0 Å². The van der Waals surface area contributed by atoms with Crippen LogP contribution in [0.2, 0.25) is 0 Å². The van der Waals surface area contributed by atoms with Crippen molar-refractivity contribution in [3.8, 4) is 12.3 Å². The number of halogens is 1. The summed E-state index contributed by atoms with van der Waals surface area (Å²) >= 11 is 0. The van der Waals surface area contributed by atoms with E-state index in [-0.39, 0.29) is 33.8 Å². The molecule has 0 saturated carbocycles. The molecule has 11 heteroatoms. The van der Waals surface area contributed by atoms with Crippen LogP contribution in [0.15, 0.2) is 18.2 Å². The molecule has 0 aliphatic rings. The number of esters is 1. The Morgan fingerprint density at radius 1 is 1.35 bits per heavy atom. The van der Waals surface area contributed by atoms with Crippen molar-refractivity contribution in [1.29, 1.82) is 0 Å². The molecular weight excluding hydrogens is 345 g/mol. The summed E-state index contributed by atoms with van der Waals surface area (Å²) < 4.78 is 19.5. The fourth-order valence-electron chi connectivity index (χ4n) is 2.19. The van der Waals surface area contributed by atoms with Crippen LogP contribution in [0.3, 0.4) is 0 Å². The van der Waals surface area contributed by atoms with Crippen molar-refractivity contribution < 1.29 is 18.7 Å². The molecule has 130 valence electrons. The van der Waals surface area contributed by atoms with Crippen LogP contribution in [0.4, 0.5) is 15.9 Å². The van der Waals surface area contributed by atoms with Crippen LogP contribution in [0, 0.1) is 18.2 Å². The maximum atomic E-state index is 13.9. The first-order valence-electron chi connectivity index (χ1n) is 6.99. The number of hydrogen-bond acceptors (Lipinski definition) is 8. The van der Waals surface area contributed by atoms with Crippen molar-refractivity contribution in [2.75, 3.05) is 18.2 Å². The molecule has 0 aliphatic heterocycles. The van der Waals surface area contributed by atoms with Crippen molar-refractivity contribution in [2.24, 2.45) is 0 Å². The first kappa shape index (κ1) is 16.8. The highest BCUT2D eigenvalue weighted by molar-refractivity contribution is 6.11. The van der Waals surface area contributed by atoms with Crippen LogP contribution in [-0.4, -0.2) is 44.2 Å². The lowest BCUT2D eigenvalue weighted by molar-refractivity contribution is 0.0601. The number of terminal acetylenes is 1. The van der Waals surface area contributed by atoms with Gasteiger partial charge in [0.15, 0.2) is 0 Å². The Bertz CT molecular complexity index is 1090. The molecular formula is C15H10FN7O3. The van der Waals surface area contributed by atoms with Crippen molar-refractivity contribution in [3.63, 3.8) is 0 Å². The number of nitrogens with zero attached hydrogens (tertiary/aromatic N) is 5. The lowest BCUT2D eigenvalue weighted by atomic mass is 10.1. The summed E-state index contributed by atoms with van der Waals surface area (Å²) in [6.07, 6.45) is 5.23. The van der Waals surface area contributed by atoms with Gasteiger partial charge in [0.1, 0.15) is 11.6 Å². The summed E-state index contributed by atoms with van der Waals surface area (Å²) in [5.74, 6) is -0.253. The zero-order chi connectivity index (χ0) is 18.8. The zero-order valence-electron chi connectivity index (χ0n) is 13.2. The number of aromatic nitrogens is 5. The molecule has 10 nitrogen and oxygen atoms in total. The Hall–Kier alpha value is -4.07. The third-order valence-electron chi connectivity index (χ3n) is 3.36. The van der Waals surface area contributed by atoms with Crippen LogP contribution in [0.25, 0.3) is 5.65 Å². The number of anilines is 2. The summed E-state index contributed by atoms with van der Waals surface area (Å²) in [5.41, 5.74) is 5.25. The number of methoxy groups -OCH3 is 1. The van der Waals surface area contributed by atoms with E-state index in [1.807, 2.05) is 0 Å². The summed E-state index contributed by atoms with van der Waals surface area (Å²) in [6, 6.07) is 3.28. The standard InChI is InChI=1S/C15H10FN7O3/c1-3-7-4-11(8(5-10(7)16)15(25)26-2)18-14(24)9-6-12(17)20-23-13(9)19-21-22-23/h1,4-6H,2H3,(H2,17,20)(H,18,24). The fraction of sp³-hybridized carbons (Fsp3) is 0.0667. The van der Waals surface area contributed by atoms with Crippen molar-refractivity contribution >= 4 is 29.0 Å². The number of nitrogens with two attached hydrogens (primary N) is 1. The molecule has 0 atom stereocenters. The number of carbonyl (C=O) groups excluding carboxylic acids is 2. The fourth-order valence-corrected chi connectivity index (χ4v) is 2.19. The maximum Gasteiger partial charge on any atom is 0.340 e. The second kappa shape index (κ2) is 6.44. The third kappa shape index (κ3) is 2.86. The minimum atomic E-state index is -0.855. The van der Waals surface area contributed by atoms with Crippen LogP contribution < -0.4 is 11.1 Å². The van der Waals surface area contributed by atoms with E-state index in [4.69, 9.17) is 12.2 Å². The Labute approximate surface area is 145 Å². The second-order valence-electron chi connectivity index (χ2n) is 4.94. The monoisotopic (exact) mass is 355 g/mol. The highest BCUT2D eigenvalue weighted by Gasteiger charge is 2.21. The van der Waals surface area contributed by atoms with Crippen molar-refractivity contribution in [1.82, 2.24) is 25.3 Å².